The van der Waals surface area contributed by atoms with Crippen molar-refractivity contribution in [3.05, 3.63) is 169 Å². The standard InChI is InChI=1S/C56H53N5O/c1-54(2,3)36-26-27-46(40(29-36)35-19-11-10-12-20-35)59-34-45(43-30-37(55(4,5)6)31-44(52(43)62)56(7,8)9)58-53(59)61-48-24-16-14-22-39(48)42-32-41-38-21-13-15-23-47(38)60(49(41)33-50(42)61)51-25-17-18-28-57-51/h10-34,62H,1-9H3. The van der Waals surface area contributed by atoms with Crippen LogP contribution >= 0.6 is 0 Å². The number of aromatic nitrogens is 5. The first kappa shape index (κ1) is 39.2. The van der Waals surface area contributed by atoms with Gasteiger partial charge in [0.15, 0.2) is 0 Å². The molecule has 0 fully saturated rings. The van der Waals surface area contributed by atoms with Crippen LogP contribution in [-0.2, 0) is 16.2 Å². The van der Waals surface area contributed by atoms with Gasteiger partial charge in [0.05, 0.1) is 33.4 Å². The molecule has 0 unspecified atom stereocenters. The lowest BCUT2D eigenvalue weighted by Gasteiger charge is -2.27. The molecule has 6 aromatic carbocycles. The fourth-order valence-corrected chi connectivity index (χ4v) is 9.11. The van der Waals surface area contributed by atoms with Crippen molar-refractivity contribution in [1.82, 2.24) is 23.7 Å². The van der Waals surface area contributed by atoms with Crippen LogP contribution in [-0.4, -0.2) is 28.8 Å². The SMILES string of the molecule is CC(C)(C)c1ccc(-n2cc(-c3cc(C(C)(C)C)cc(C(C)(C)C)c3O)nc2-n2c3ccccc3c3cc4c5ccccc5n(-c5ccccn5)c4cc32)c(-c2ccccc2)c1. The maximum atomic E-state index is 12.3. The first-order valence-corrected chi connectivity index (χ1v) is 21.6. The van der Waals surface area contributed by atoms with E-state index in [0.29, 0.717) is 11.3 Å². The maximum Gasteiger partial charge on any atom is 0.220 e. The van der Waals surface area contributed by atoms with Gasteiger partial charge in [0.1, 0.15) is 11.6 Å². The van der Waals surface area contributed by atoms with Gasteiger partial charge in [-0.25, -0.2) is 9.97 Å². The van der Waals surface area contributed by atoms with Crippen molar-refractivity contribution in [2.45, 2.75) is 78.6 Å². The average molecular weight is 812 g/mol. The molecule has 10 rings (SSSR count). The van der Waals surface area contributed by atoms with Crippen molar-refractivity contribution in [3.63, 3.8) is 0 Å². The number of fused-ring (bicyclic) bond motifs is 6. The Morgan fingerprint density at radius 3 is 1.71 bits per heavy atom. The molecule has 10 aromatic rings. The van der Waals surface area contributed by atoms with Crippen molar-refractivity contribution < 1.29 is 5.11 Å². The molecule has 0 atom stereocenters. The summed E-state index contributed by atoms with van der Waals surface area (Å²) in [4.78, 5) is 10.5. The van der Waals surface area contributed by atoms with Crippen molar-refractivity contribution in [3.8, 4) is 45.6 Å². The van der Waals surface area contributed by atoms with E-state index >= 15 is 0 Å². The molecular weight excluding hydrogens is 759 g/mol. The van der Waals surface area contributed by atoms with E-state index in [4.69, 9.17) is 9.97 Å². The second kappa shape index (κ2) is 14.1. The van der Waals surface area contributed by atoms with E-state index in [1.54, 1.807) is 0 Å². The van der Waals surface area contributed by atoms with Crippen LogP contribution in [0, 0.1) is 0 Å². The van der Waals surface area contributed by atoms with Crippen molar-refractivity contribution in [2.24, 2.45) is 0 Å². The third kappa shape index (κ3) is 6.39. The minimum Gasteiger partial charge on any atom is -0.507 e. The number of hydrogen-bond donors (Lipinski definition) is 1. The Morgan fingerprint density at radius 2 is 1.08 bits per heavy atom. The second-order valence-corrected chi connectivity index (χ2v) is 19.8. The van der Waals surface area contributed by atoms with Crippen molar-refractivity contribution in [2.75, 3.05) is 0 Å². The number of imidazole rings is 1. The number of benzene rings is 6. The zero-order valence-electron chi connectivity index (χ0n) is 37.1. The Bertz CT molecular complexity index is 3340. The zero-order chi connectivity index (χ0) is 43.3. The molecule has 0 radical (unpaired) electrons. The molecule has 0 amide bonds. The number of nitrogens with zero attached hydrogens (tertiary/aromatic N) is 5. The van der Waals surface area contributed by atoms with Gasteiger partial charge >= 0.3 is 0 Å². The summed E-state index contributed by atoms with van der Waals surface area (Å²) in [6.07, 6.45) is 3.99. The van der Waals surface area contributed by atoms with Crippen molar-refractivity contribution in [1.29, 1.82) is 0 Å². The van der Waals surface area contributed by atoms with Gasteiger partial charge in [0.25, 0.3) is 0 Å². The summed E-state index contributed by atoms with van der Waals surface area (Å²) < 4.78 is 6.83. The highest BCUT2D eigenvalue weighted by atomic mass is 16.3. The summed E-state index contributed by atoms with van der Waals surface area (Å²) in [6, 6.07) is 49.8. The lowest BCUT2D eigenvalue weighted by molar-refractivity contribution is 0.446. The van der Waals surface area contributed by atoms with Crippen LogP contribution in [0.3, 0.4) is 0 Å². The highest BCUT2D eigenvalue weighted by molar-refractivity contribution is 6.19. The number of rotatable bonds is 5. The molecule has 0 bridgehead atoms. The van der Waals surface area contributed by atoms with E-state index in [1.165, 1.54) is 10.9 Å². The smallest absolute Gasteiger partial charge is 0.220 e. The minimum absolute atomic E-state index is 0.0716. The summed E-state index contributed by atoms with van der Waals surface area (Å²) in [5.74, 6) is 1.85. The highest BCUT2D eigenvalue weighted by Gasteiger charge is 2.29. The highest BCUT2D eigenvalue weighted by Crippen LogP contribution is 2.45. The number of phenolic OH excluding ortho intramolecular Hbond substituents is 1. The Labute approximate surface area is 363 Å². The van der Waals surface area contributed by atoms with Crippen molar-refractivity contribution >= 4 is 43.6 Å². The normalized spacial score (nSPS) is 12.7. The van der Waals surface area contributed by atoms with Crippen LogP contribution in [0.4, 0.5) is 0 Å². The summed E-state index contributed by atoms with van der Waals surface area (Å²) in [7, 11) is 0. The number of pyridine rings is 1. The quantitative estimate of drug-likeness (QED) is 0.188. The van der Waals surface area contributed by atoms with E-state index in [2.05, 4.69) is 210 Å². The molecule has 308 valence electrons. The van der Waals surface area contributed by atoms with Gasteiger partial charge in [-0.2, -0.15) is 0 Å². The lowest BCUT2D eigenvalue weighted by Crippen LogP contribution is -2.17. The van der Waals surface area contributed by atoms with Gasteiger partial charge in [-0.3, -0.25) is 13.7 Å². The zero-order valence-corrected chi connectivity index (χ0v) is 37.1. The average Bonchev–Trinajstić information content (AvgIpc) is 3.92. The number of hydrogen-bond acceptors (Lipinski definition) is 3. The molecule has 4 aromatic heterocycles. The second-order valence-electron chi connectivity index (χ2n) is 19.8. The van der Waals surface area contributed by atoms with Crippen LogP contribution in [0.15, 0.2) is 152 Å². The summed E-state index contributed by atoms with van der Waals surface area (Å²) in [5.41, 5.74) is 11.6. The molecule has 0 aliphatic heterocycles. The first-order valence-electron chi connectivity index (χ1n) is 21.6. The van der Waals surface area contributed by atoms with Gasteiger partial charge < -0.3 is 5.11 Å². The van der Waals surface area contributed by atoms with Gasteiger partial charge in [0, 0.05) is 50.6 Å². The van der Waals surface area contributed by atoms with Crippen LogP contribution < -0.4 is 0 Å². The van der Waals surface area contributed by atoms with E-state index in [-0.39, 0.29) is 22.0 Å². The molecule has 0 saturated carbocycles. The third-order valence-electron chi connectivity index (χ3n) is 12.5. The van der Waals surface area contributed by atoms with Crippen LogP contribution in [0.2, 0.25) is 0 Å². The summed E-state index contributed by atoms with van der Waals surface area (Å²) in [6.45, 7) is 20.0. The largest absolute Gasteiger partial charge is 0.507 e. The van der Waals surface area contributed by atoms with E-state index in [1.807, 2.05) is 18.3 Å². The molecule has 0 aliphatic carbocycles. The Hall–Kier alpha value is -6.92. The molecule has 0 saturated heterocycles. The molecule has 6 nitrogen and oxygen atoms in total. The molecule has 0 spiro atoms. The summed E-state index contributed by atoms with van der Waals surface area (Å²) in [5, 5.41) is 16.9. The maximum absolute atomic E-state index is 12.3. The predicted octanol–water partition coefficient (Wildman–Crippen LogP) is 14.4. The lowest BCUT2D eigenvalue weighted by atomic mass is 9.78. The fourth-order valence-electron chi connectivity index (χ4n) is 9.11. The number of para-hydroxylation sites is 2. The van der Waals surface area contributed by atoms with Gasteiger partial charge in [-0.15, -0.1) is 0 Å². The predicted molar refractivity (Wildman–Crippen MR) is 259 cm³/mol. The minimum atomic E-state index is -0.307. The van der Waals surface area contributed by atoms with E-state index < -0.39 is 0 Å². The van der Waals surface area contributed by atoms with Crippen LogP contribution in [0.1, 0.15) is 79.0 Å². The first-order chi connectivity index (χ1) is 29.6. The summed E-state index contributed by atoms with van der Waals surface area (Å²) >= 11 is 0. The third-order valence-corrected chi connectivity index (χ3v) is 12.5. The van der Waals surface area contributed by atoms with Gasteiger partial charge in [-0.1, -0.05) is 147 Å². The van der Waals surface area contributed by atoms with Crippen LogP contribution in [0.25, 0.3) is 83.4 Å². The molecule has 62 heavy (non-hydrogen) atoms. The van der Waals surface area contributed by atoms with Gasteiger partial charge in [0.2, 0.25) is 5.95 Å². The van der Waals surface area contributed by atoms with Crippen LogP contribution in [0.5, 0.6) is 5.75 Å². The number of phenols is 1. The van der Waals surface area contributed by atoms with E-state index in [9.17, 15) is 5.11 Å². The molecular formula is C56H53N5O. The molecule has 0 aliphatic rings. The Kier molecular flexibility index (Phi) is 8.90. The number of aromatic hydroxyl groups is 1. The topological polar surface area (TPSA) is 60.8 Å². The van der Waals surface area contributed by atoms with Gasteiger partial charge in [-0.05, 0) is 87.5 Å². The monoisotopic (exact) mass is 811 g/mol. The Balaban J connectivity index is 1.36. The molecule has 1 N–H and O–H groups in total. The molecule has 4 heterocycles. The van der Waals surface area contributed by atoms with E-state index in [0.717, 1.165) is 77.9 Å². The fraction of sp³-hybridized carbons (Fsp3) is 0.214. The Morgan fingerprint density at radius 1 is 0.484 bits per heavy atom. The molecule has 6 heteroatoms.